The van der Waals surface area contributed by atoms with E-state index < -0.39 is 11.4 Å². The average molecular weight is 374 g/mol. The predicted molar refractivity (Wildman–Crippen MR) is 117 cm³/mol. The number of hydrogen-bond acceptors (Lipinski definition) is 3. The van der Waals surface area contributed by atoms with E-state index in [-0.39, 0.29) is 0 Å². The summed E-state index contributed by atoms with van der Waals surface area (Å²) in [5, 5.41) is 15.3. The van der Waals surface area contributed by atoms with Crippen molar-refractivity contribution >= 4 is 24.1 Å². The van der Waals surface area contributed by atoms with Crippen molar-refractivity contribution in [3.05, 3.63) is 77.5 Å². The highest BCUT2D eigenvalue weighted by atomic mass is 16.4. The molecule has 0 bridgehead atoms. The number of H-pyrrole nitrogens is 1. The van der Waals surface area contributed by atoms with Gasteiger partial charge < -0.3 is 20.1 Å². The first kappa shape index (κ1) is 18.8. The zero-order chi connectivity index (χ0) is 19.6. The van der Waals surface area contributed by atoms with Crippen LogP contribution in [0.1, 0.15) is 36.8 Å². The normalized spacial score (nSPS) is 16.7. The minimum Gasteiger partial charge on any atom is -0.434 e. The van der Waals surface area contributed by atoms with Gasteiger partial charge >= 0.3 is 0 Å². The summed E-state index contributed by atoms with van der Waals surface area (Å²) in [7, 11) is 0.433. The highest BCUT2D eigenvalue weighted by Crippen LogP contribution is 2.43. The van der Waals surface area contributed by atoms with Crippen molar-refractivity contribution < 1.29 is 9.76 Å². The fourth-order valence-corrected chi connectivity index (χ4v) is 4.11. The van der Waals surface area contributed by atoms with Gasteiger partial charge in [-0.3, -0.25) is 0 Å². The minimum atomic E-state index is -0.683. The maximum Gasteiger partial charge on any atom is 0.288 e. The van der Waals surface area contributed by atoms with E-state index in [1.165, 1.54) is 16.6 Å². The third-order valence-corrected chi connectivity index (χ3v) is 5.62. The smallest absolute Gasteiger partial charge is 0.288 e. The van der Waals surface area contributed by atoms with E-state index >= 15 is 0 Å². The van der Waals surface area contributed by atoms with E-state index in [0.717, 1.165) is 29.7 Å². The van der Waals surface area contributed by atoms with Gasteiger partial charge in [0.25, 0.3) is 7.48 Å². The maximum absolute atomic E-state index is 11.2. The highest BCUT2D eigenvalue weighted by Gasteiger charge is 2.35. The van der Waals surface area contributed by atoms with Gasteiger partial charge in [-0.1, -0.05) is 49.4 Å². The SMILES string of the molecule is CC=CC(C)(BOCc1ccccc1)C(O)c1cc2c3c(ccc2[nH]1)NCC3. The molecule has 0 spiro atoms. The van der Waals surface area contributed by atoms with E-state index in [4.69, 9.17) is 4.65 Å². The van der Waals surface area contributed by atoms with Crippen molar-refractivity contribution in [3.63, 3.8) is 0 Å². The van der Waals surface area contributed by atoms with Crippen molar-refractivity contribution in [2.24, 2.45) is 0 Å². The lowest BCUT2D eigenvalue weighted by Crippen LogP contribution is -2.25. The van der Waals surface area contributed by atoms with Crippen molar-refractivity contribution in [2.75, 3.05) is 11.9 Å². The van der Waals surface area contributed by atoms with E-state index in [0.29, 0.717) is 14.1 Å². The Labute approximate surface area is 166 Å². The van der Waals surface area contributed by atoms with Gasteiger partial charge in [0.2, 0.25) is 0 Å². The Morgan fingerprint density at radius 2 is 2.07 bits per heavy atom. The Morgan fingerprint density at radius 1 is 1.25 bits per heavy atom. The number of aromatic amines is 1. The molecule has 0 radical (unpaired) electrons. The number of anilines is 1. The van der Waals surface area contributed by atoms with E-state index in [1.807, 2.05) is 44.2 Å². The first-order valence-corrected chi connectivity index (χ1v) is 9.93. The number of nitrogens with one attached hydrogen (secondary N) is 2. The van der Waals surface area contributed by atoms with Gasteiger partial charge in [-0.05, 0) is 42.7 Å². The maximum atomic E-state index is 11.2. The summed E-state index contributed by atoms with van der Waals surface area (Å²) < 4.78 is 5.99. The molecule has 1 aliphatic rings. The lowest BCUT2D eigenvalue weighted by molar-refractivity contribution is 0.132. The van der Waals surface area contributed by atoms with Crippen LogP contribution in [-0.4, -0.2) is 24.1 Å². The molecule has 5 heteroatoms. The Hall–Kier alpha value is -2.50. The van der Waals surface area contributed by atoms with Crippen LogP contribution in [0.15, 0.2) is 60.7 Å². The predicted octanol–water partition coefficient (Wildman–Crippen LogP) is 4.49. The number of fused-ring (bicyclic) bond motifs is 3. The summed E-state index contributed by atoms with van der Waals surface area (Å²) in [5.74, 6) is 0. The van der Waals surface area contributed by atoms with Crippen LogP contribution in [0.5, 0.6) is 0 Å². The van der Waals surface area contributed by atoms with Gasteiger partial charge in [-0.15, -0.1) is 0 Å². The number of rotatable bonds is 7. The lowest BCUT2D eigenvalue weighted by atomic mass is 9.60. The summed E-state index contributed by atoms with van der Waals surface area (Å²) >= 11 is 0. The largest absolute Gasteiger partial charge is 0.434 e. The number of aliphatic hydroxyl groups excluding tert-OH is 1. The number of aromatic nitrogens is 1. The summed E-state index contributed by atoms with van der Waals surface area (Å²) in [4.78, 5) is 3.43. The molecule has 2 atom stereocenters. The second-order valence-electron chi connectivity index (χ2n) is 7.84. The molecule has 28 heavy (non-hydrogen) atoms. The minimum absolute atomic E-state index is 0.433. The van der Waals surface area contributed by atoms with Crippen molar-refractivity contribution in [3.8, 4) is 0 Å². The van der Waals surface area contributed by atoms with Gasteiger partial charge in [0.05, 0.1) is 12.7 Å². The number of allylic oxidation sites excluding steroid dienone is 1. The van der Waals surface area contributed by atoms with Crippen LogP contribution in [-0.2, 0) is 17.7 Å². The number of hydrogen-bond donors (Lipinski definition) is 3. The molecule has 4 rings (SSSR count). The quantitative estimate of drug-likeness (QED) is 0.422. The second-order valence-corrected chi connectivity index (χ2v) is 7.84. The first-order chi connectivity index (χ1) is 13.6. The molecule has 0 amide bonds. The Balaban J connectivity index is 1.56. The fraction of sp³-hybridized carbons (Fsp3) is 0.304. The third kappa shape index (κ3) is 3.60. The topological polar surface area (TPSA) is 57.3 Å². The van der Waals surface area contributed by atoms with Crippen LogP contribution in [0.4, 0.5) is 5.69 Å². The lowest BCUT2D eigenvalue weighted by Gasteiger charge is -2.30. The molecule has 1 aromatic heterocycles. The molecule has 1 aliphatic heterocycles. The van der Waals surface area contributed by atoms with Crippen LogP contribution >= 0.6 is 0 Å². The van der Waals surface area contributed by atoms with Crippen molar-refractivity contribution in [1.29, 1.82) is 0 Å². The van der Waals surface area contributed by atoms with E-state index in [9.17, 15) is 5.11 Å². The summed E-state index contributed by atoms with van der Waals surface area (Å²) in [6.07, 6.45) is 4.36. The highest BCUT2D eigenvalue weighted by molar-refractivity contribution is 6.33. The average Bonchev–Trinajstić information content (AvgIpc) is 3.34. The summed E-state index contributed by atoms with van der Waals surface area (Å²) in [5.41, 5.74) is 5.58. The van der Waals surface area contributed by atoms with E-state index in [2.05, 4.69) is 40.6 Å². The van der Waals surface area contributed by atoms with Crippen LogP contribution in [0, 0.1) is 0 Å². The first-order valence-electron chi connectivity index (χ1n) is 9.93. The Morgan fingerprint density at radius 3 is 2.86 bits per heavy atom. The molecule has 2 aromatic carbocycles. The third-order valence-electron chi connectivity index (χ3n) is 5.62. The van der Waals surface area contributed by atoms with Crippen molar-refractivity contribution in [2.45, 2.75) is 38.3 Å². The van der Waals surface area contributed by atoms with Crippen LogP contribution in [0.3, 0.4) is 0 Å². The summed E-state index contributed by atoms with van der Waals surface area (Å²) in [6, 6.07) is 16.4. The van der Waals surface area contributed by atoms with Gasteiger partial charge in [0.15, 0.2) is 0 Å². The van der Waals surface area contributed by atoms with Crippen molar-refractivity contribution in [1.82, 2.24) is 4.98 Å². The van der Waals surface area contributed by atoms with Gasteiger partial charge in [0.1, 0.15) is 0 Å². The number of benzene rings is 2. The zero-order valence-corrected chi connectivity index (χ0v) is 16.5. The standard InChI is InChI=1S/C23H27BN2O2/c1-3-12-23(2,24-28-15-16-7-5-4-6-8-16)22(27)21-14-18-17-11-13-25-19(17)9-10-20(18)26-21/h3-10,12,14,22,24-27H,11,13,15H2,1-2H3. The molecule has 3 aromatic rings. The van der Waals surface area contributed by atoms with Crippen LogP contribution < -0.4 is 5.32 Å². The van der Waals surface area contributed by atoms with Gasteiger partial charge in [0, 0.05) is 34.1 Å². The van der Waals surface area contributed by atoms with Crippen LogP contribution in [0.25, 0.3) is 10.9 Å². The second kappa shape index (κ2) is 7.86. The Bertz CT molecular complexity index is 983. The van der Waals surface area contributed by atoms with Gasteiger partial charge in [-0.25, -0.2) is 0 Å². The molecule has 3 N–H and O–H groups in total. The summed E-state index contributed by atoms with van der Waals surface area (Å²) in [6.45, 7) is 5.53. The fourth-order valence-electron chi connectivity index (χ4n) is 4.11. The molecule has 0 aliphatic carbocycles. The molecule has 2 unspecified atom stereocenters. The molecule has 0 saturated carbocycles. The molecule has 2 heterocycles. The monoisotopic (exact) mass is 374 g/mol. The molecule has 0 saturated heterocycles. The van der Waals surface area contributed by atoms with Gasteiger partial charge in [-0.2, -0.15) is 0 Å². The van der Waals surface area contributed by atoms with Crippen LogP contribution in [0.2, 0.25) is 5.31 Å². The molecule has 144 valence electrons. The molecular weight excluding hydrogens is 347 g/mol. The Kier molecular flexibility index (Phi) is 5.29. The van der Waals surface area contributed by atoms with E-state index in [1.54, 1.807) is 0 Å². The molecule has 4 nitrogen and oxygen atoms in total. The molecule has 0 fully saturated rings. The zero-order valence-electron chi connectivity index (χ0n) is 16.5. The number of aliphatic hydroxyl groups is 1. The molecular formula is C23H27BN2O2.